The van der Waals surface area contributed by atoms with Gasteiger partial charge in [0.1, 0.15) is 0 Å². The molecule has 1 saturated heterocycles. The van der Waals surface area contributed by atoms with Gasteiger partial charge in [-0.3, -0.25) is 4.98 Å². The second-order valence-corrected chi connectivity index (χ2v) is 4.53. The number of rotatable bonds is 2. The fraction of sp³-hybridized carbons (Fsp3) is 0.357. The van der Waals surface area contributed by atoms with Gasteiger partial charge in [-0.25, -0.2) is 0 Å². The Morgan fingerprint density at radius 2 is 2.29 bits per heavy atom. The van der Waals surface area contributed by atoms with Crippen molar-refractivity contribution in [3.8, 4) is 0 Å². The highest BCUT2D eigenvalue weighted by Gasteiger charge is 2.23. The Labute approximate surface area is 101 Å². The van der Waals surface area contributed by atoms with Crippen LogP contribution in [0.3, 0.4) is 0 Å². The molecule has 1 aliphatic heterocycles. The number of aromatic nitrogens is 1. The summed E-state index contributed by atoms with van der Waals surface area (Å²) in [7, 11) is 0. The number of anilines is 1. The molecule has 0 bridgehead atoms. The first kappa shape index (κ1) is 10.5. The smallest absolute Gasteiger partial charge is 0.0748 e. The van der Waals surface area contributed by atoms with Gasteiger partial charge in [0.05, 0.1) is 17.7 Å². The Kier molecular flexibility index (Phi) is 2.69. The van der Waals surface area contributed by atoms with Gasteiger partial charge < -0.3 is 10.1 Å². The zero-order valence-electron chi connectivity index (χ0n) is 9.89. The van der Waals surface area contributed by atoms with Gasteiger partial charge in [-0.15, -0.1) is 0 Å². The van der Waals surface area contributed by atoms with E-state index in [0.29, 0.717) is 12.1 Å². The normalized spacial score (nSPS) is 24.1. The summed E-state index contributed by atoms with van der Waals surface area (Å²) in [5.41, 5.74) is 2.18. The number of hydrogen-bond donors (Lipinski definition) is 1. The van der Waals surface area contributed by atoms with Crippen molar-refractivity contribution in [2.75, 3.05) is 11.9 Å². The van der Waals surface area contributed by atoms with Crippen LogP contribution >= 0.6 is 0 Å². The molecular weight excluding hydrogens is 212 g/mol. The molecule has 0 aliphatic carbocycles. The van der Waals surface area contributed by atoms with E-state index >= 15 is 0 Å². The van der Waals surface area contributed by atoms with Crippen LogP contribution in [0.1, 0.15) is 13.3 Å². The minimum atomic E-state index is 0.291. The van der Waals surface area contributed by atoms with Crippen molar-refractivity contribution in [1.29, 1.82) is 0 Å². The maximum Gasteiger partial charge on any atom is 0.0748 e. The zero-order valence-corrected chi connectivity index (χ0v) is 9.89. The van der Waals surface area contributed by atoms with E-state index in [9.17, 15) is 0 Å². The van der Waals surface area contributed by atoms with Crippen LogP contribution < -0.4 is 5.32 Å². The van der Waals surface area contributed by atoms with Crippen LogP contribution in [0.25, 0.3) is 10.9 Å². The van der Waals surface area contributed by atoms with Crippen LogP contribution in [-0.2, 0) is 4.74 Å². The lowest BCUT2D eigenvalue weighted by atomic mass is 10.1. The van der Waals surface area contributed by atoms with Crippen molar-refractivity contribution in [2.24, 2.45) is 0 Å². The molecule has 2 unspecified atom stereocenters. The molecule has 0 spiro atoms. The van der Waals surface area contributed by atoms with Crippen molar-refractivity contribution in [1.82, 2.24) is 4.98 Å². The first-order valence-electron chi connectivity index (χ1n) is 6.06. The number of ether oxygens (including phenoxy) is 1. The summed E-state index contributed by atoms with van der Waals surface area (Å²) in [5.74, 6) is 0. The molecule has 0 amide bonds. The van der Waals surface area contributed by atoms with Crippen molar-refractivity contribution in [3.05, 3.63) is 36.5 Å². The van der Waals surface area contributed by atoms with Gasteiger partial charge in [-0.05, 0) is 37.6 Å². The highest BCUT2D eigenvalue weighted by Crippen LogP contribution is 2.21. The number of nitrogens with one attached hydrogen (secondary N) is 1. The van der Waals surface area contributed by atoms with E-state index in [1.165, 1.54) is 5.39 Å². The number of benzene rings is 1. The lowest BCUT2D eigenvalue weighted by molar-refractivity contribution is 0.121. The third kappa shape index (κ3) is 2.11. The molecule has 2 aromatic rings. The minimum Gasteiger partial charge on any atom is -0.380 e. The Bertz CT molecular complexity index is 526. The summed E-state index contributed by atoms with van der Waals surface area (Å²) in [6.45, 7) is 2.97. The highest BCUT2D eigenvalue weighted by atomic mass is 16.5. The molecule has 1 aromatic heterocycles. The quantitative estimate of drug-likeness (QED) is 0.858. The molecule has 3 rings (SSSR count). The monoisotopic (exact) mass is 228 g/mol. The molecular formula is C14H16N2O. The van der Waals surface area contributed by atoms with Crippen molar-refractivity contribution >= 4 is 16.6 Å². The summed E-state index contributed by atoms with van der Waals surface area (Å²) in [6, 6.07) is 10.8. The molecule has 17 heavy (non-hydrogen) atoms. The molecule has 2 atom stereocenters. The Balaban J connectivity index is 1.85. The Morgan fingerprint density at radius 3 is 3.12 bits per heavy atom. The molecule has 0 radical (unpaired) electrons. The molecule has 1 N–H and O–H groups in total. The highest BCUT2D eigenvalue weighted by molar-refractivity contribution is 5.82. The average molecular weight is 228 g/mol. The maximum atomic E-state index is 5.55. The first-order chi connectivity index (χ1) is 8.33. The Hall–Kier alpha value is -1.61. The van der Waals surface area contributed by atoms with Gasteiger partial charge in [0.2, 0.25) is 0 Å². The van der Waals surface area contributed by atoms with Crippen LogP contribution in [0, 0.1) is 0 Å². The minimum absolute atomic E-state index is 0.291. The van der Waals surface area contributed by atoms with Crippen LogP contribution in [0.4, 0.5) is 5.69 Å². The predicted octanol–water partition coefficient (Wildman–Crippen LogP) is 2.82. The lowest BCUT2D eigenvalue weighted by Gasteiger charge is -2.17. The zero-order chi connectivity index (χ0) is 11.7. The number of pyridine rings is 1. The van der Waals surface area contributed by atoms with Gasteiger partial charge >= 0.3 is 0 Å². The number of nitrogens with zero attached hydrogens (tertiary/aromatic N) is 1. The third-order valence-corrected chi connectivity index (χ3v) is 3.33. The molecule has 1 fully saturated rings. The van der Waals surface area contributed by atoms with E-state index in [-0.39, 0.29) is 0 Å². The van der Waals surface area contributed by atoms with E-state index < -0.39 is 0 Å². The van der Waals surface area contributed by atoms with E-state index in [0.717, 1.165) is 24.2 Å². The number of hydrogen-bond acceptors (Lipinski definition) is 3. The largest absolute Gasteiger partial charge is 0.380 e. The van der Waals surface area contributed by atoms with Gasteiger partial charge in [0.25, 0.3) is 0 Å². The molecule has 0 saturated carbocycles. The predicted molar refractivity (Wildman–Crippen MR) is 69.2 cm³/mol. The van der Waals surface area contributed by atoms with Gasteiger partial charge in [0.15, 0.2) is 0 Å². The molecule has 88 valence electrons. The summed E-state index contributed by atoms with van der Waals surface area (Å²) in [5, 5.41) is 4.70. The summed E-state index contributed by atoms with van der Waals surface area (Å²) in [6.07, 6.45) is 3.19. The number of fused-ring (bicyclic) bond motifs is 1. The molecule has 1 aliphatic rings. The second kappa shape index (κ2) is 4.34. The van der Waals surface area contributed by atoms with Crippen LogP contribution in [-0.4, -0.2) is 23.7 Å². The van der Waals surface area contributed by atoms with E-state index in [2.05, 4.69) is 41.5 Å². The van der Waals surface area contributed by atoms with Crippen LogP contribution in [0.5, 0.6) is 0 Å². The molecule has 1 aromatic carbocycles. The van der Waals surface area contributed by atoms with Gasteiger partial charge in [-0.1, -0.05) is 6.07 Å². The van der Waals surface area contributed by atoms with Crippen molar-refractivity contribution in [2.45, 2.75) is 25.5 Å². The van der Waals surface area contributed by atoms with Gasteiger partial charge in [-0.2, -0.15) is 0 Å². The standard InChI is InChI=1S/C14H16N2O/c1-10-13(6-8-17-10)16-12-4-5-14-11(9-12)3-2-7-15-14/h2-5,7,9-10,13,16H,6,8H2,1H3. The topological polar surface area (TPSA) is 34.1 Å². The fourth-order valence-electron chi connectivity index (χ4n) is 2.30. The second-order valence-electron chi connectivity index (χ2n) is 4.53. The average Bonchev–Trinajstić information content (AvgIpc) is 2.75. The Morgan fingerprint density at radius 1 is 1.35 bits per heavy atom. The fourth-order valence-corrected chi connectivity index (χ4v) is 2.30. The third-order valence-electron chi connectivity index (χ3n) is 3.33. The molecule has 3 nitrogen and oxygen atoms in total. The van der Waals surface area contributed by atoms with Crippen LogP contribution in [0.2, 0.25) is 0 Å². The summed E-state index contributed by atoms with van der Waals surface area (Å²) in [4.78, 5) is 4.32. The van der Waals surface area contributed by atoms with Gasteiger partial charge in [0, 0.05) is 23.9 Å². The van der Waals surface area contributed by atoms with E-state index in [1.807, 2.05) is 12.3 Å². The molecule has 2 heterocycles. The van der Waals surface area contributed by atoms with Crippen LogP contribution in [0.15, 0.2) is 36.5 Å². The summed E-state index contributed by atoms with van der Waals surface area (Å²) >= 11 is 0. The lowest BCUT2D eigenvalue weighted by Crippen LogP contribution is -2.26. The molecule has 3 heteroatoms. The van der Waals surface area contributed by atoms with Crippen molar-refractivity contribution in [3.63, 3.8) is 0 Å². The first-order valence-corrected chi connectivity index (χ1v) is 6.06. The van der Waals surface area contributed by atoms with E-state index in [4.69, 9.17) is 4.74 Å². The van der Waals surface area contributed by atoms with Crippen molar-refractivity contribution < 1.29 is 4.74 Å². The summed E-state index contributed by atoms with van der Waals surface area (Å²) < 4.78 is 5.55. The SMILES string of the molecule is CC1OCCC1Nc1ccc2ncccc2c1. The maximum absolute atomic E-state index is 5.55. The van der Waals surface area contributed by atoms with E-state index in [1.54, 1.807) is 0 Å².